The van der Waals surface area contributed by atoms with Gasteiger partial charge in [-0.1, -0.05) is 103 Å². The molecule has 0 saturated heterocycles. The molecule has 4 aromatic carbocycles. The lowest BCUT2D eigenvalue weighted by atomic mass is 9.95. The lowest BCUT2D eigenvalue weighted by molar-refractivity contribution is 1.07. The van der Waals surface area contributed by atoms with E-state index < -0.39 is 0 Å². The van der Waals surface area contributed by atoms with Crippen molar-refractivity contribution in [1.82, 2.24) is 15.0 Å². The van der Waals surface area contributed by atoms with E-state index >= 15 is 0 Å². The van der Waals surface area contributed by atoms with Gasteiger partial charge in [-0.2, -0.15) is 0 Å². The van der Waals surface area contributed by atoms with E-state index in [9.17, 15) is 0 Å². The van der Waals surface area contributed by atoms with Gasteiger partial charge in [-0.25, -0.2) is 15.0 Å². The minimum absolute atomic E-state index is 0.649. The molecule has 0 spiro atoms. The highest BCUT2D eigenvalue weighted by molar-refractivity contribution is 5.78. The van der Waals surface area contributed by atoms with Crippen LogP contribution in [0.4, 0.5) is 0 Å². The van der Waals surface area contributed by atoms with Gasteiger partial charge in [0.25, 0.3) is 0 Å². The molecule has 1 aromatic heterocycles. The molecule has 5 aromatic rings. The van der Waals surface area contributed by atoms with Gasteiger partial charge < -0.3 is 0 Å². The maximum absolute atomic E-state index is 4.89. The van der Waals surface area contributed by atoms with Crippen LogP contribution in [0, 0.1) is 6.92 Å². The summed E-state index contributed by atoms with van der Waals surface area (Å²) in [4.78, 5) is 18.6. The standard InChI is InChI=1S/C35H30N4/c1-25(13-10-11-22-36-3)32-24-30(21-20-26(32)2)29-18-12-19-31(23-29)35-38-33(27-14-6-4-7-15-27)37-34(39-35)28-16-8-5-9-17-28/h4-24H,1-3H3/b11-10-,25-13+,36-22?. The van der Waals surface area contributed by atoms with E-state index in [1.54, 1.807) is 13.3 Å². The zero-order valence-electron chi connectivity index (χ0n) is 22.4. The number of hydrogen-bond acceptors (Lipinski definition) is 4. The van der Waals surface area contributed by atoms with Gasteiger partial charge >= 0.3 is 0 Å². The summed E-state index contributed by atoms with van der Waals surface area (Å²) < 4.78 is 0. The third kappa shape index (κ3) is 6.13. The Morgan fingerprint density at radius 1 is 0.590 bits per heavy atom. The van der Waals surface area contributed by atoms with Crippen LogP contribution in [0.3, 0.4) is 0 Å². The monoisotopic (exact) mass is 506 g/mol. The van der Waals surface area contributed by atoms with Crippen molar-refractivity contribution in [3.05, 3.63) is 132 Å². The molecular weight excluding hydrogens is 476 g/mol. The Hall–Kier alpha value is -4.96. The first kappa shape index (κ1) is 25.7. The predicted octanol–water partition coefficient (Wildman–Crippen LogP) is 8.51. The number of hydrogen-bond donors (Lipinski definition) is 0. The fourth-order valence-corrected chi connectivity index (χ4v) is 4.43. The number of aryl methyl sites for hydroxylation is 1. The molecule has 0 N–H and O–H groups in total. The fraction of sp³-hybridized carbons (Fsp3) is 0.0857. The molecule has 0 saturated carbocycles. The Balaban J connectivity index is 1.57. The van der Waals surface area contributed by atoms with Gasteiger partial charge in [0.1, 0.15) is 0 Å². The second-order valence-electron chi connectivity index (χ2n) is 9.29. The molecule has 0 bridgehead atoms. The van der Waals surface area contributed by atoms with Crippen LogP contribution in [0.1, 0.15) is 18.1 Å². The van der Waals surface area contributed by atoms with Crippen molar-refractivity contribution in [2.45, 2.75) is 13.8 Å². The third-order valence-electron chi connectivity index (χ3n) is 6.51. The number of aromatic nitrogens is 3. The molecule has 0 radical (unpaired) electrons. The Bertz CT molecular complexity index is 1610. The van der Waals surface area contributed by atoms with Crippen molar-refractivity contribution in [1.29, 1.82) is 0 Å². The summed E-state index contributed by atoms with van der Waals surface area (Å²) in [5.41, 5.74) is 8.76. The van der Waals surface area contributed by atoms with Crippen LogP contribution >= 0.6 is 0 Å². The molecule has 190 valence electrons. The minimum atomic E-state index is 0.649. The van der Waals surface area contributed by atoms with Crippen LogP contribution < -0.4 is 0 Å². The lowest BCUT2D eigenvalue weighted by Gasteiger charge is -2.12. The van der Waals surface area contributed by atoms with Crippen molar-refractivity contribution in [2.75, 3.05) is 7.05 Å². The predicted molar refractivity (Wildman–Crippen MR) is 164 cm³/mol. The maximum atomic E-state index is 4.89. The van der Waals surface area contributed by atoms with Crippen molar-refractivity contribution in [3.63, 3.8) is 0 Å². The molecule has 0 atom stereocenters. The first-order valence-electron chi connectivity index (χ1n) is 13.0. The highest BCUT2D eigenvalue weighted by atomic mass is 15.0. The zero-order valence-corrected chi connectivity index (χ0v) is 22.4. The first-order chi connectivity index (χ1) is 19.1. The van der Waals surface area contributed by atoms with Crippen LogP contribution in [-0.2, 0) is 0 Å². The van der Waals surface area contributed by atoms with Crippen molar-refractivity contribution < 1.29 is 0 Å². The third-order valence-corrected chi connectivity index (χ3v) is 6.51. The average molecular weight is 507 g/mol. The summed E-state index contributed by atoms with van der Waals surface area (Å²) in [6.07, 6.45) is 7.86. The summed E-state index contributed by atoms with van der Waals surface area (Å²) in [5.74, 6) is 1.96. The largest absolute Gasteiger partial charge is 0.297 e. The van der Waals surface area contributed by atoms with Crippen molar-refractivity contribution in [3.8, 4) is 45.3 Å². The Kier molecular flexibility index (Phi) is 7.94. The van der Waals surface area contributed by atoms with Gasteiger partial charge in [0.2, 0.25) is 0 Å². The molecule has 4 nitrogen and oxygen atoms in total. The Labute approximate surface area is 230 Å². The van der Waals surface area contributed by atoms with Gasteiger partial charge in [-0.15, -0.1) is 0 Å². The molecule has 4 heteroatoms. The van der Waals surface area contributed by atoms with E-state index in [0.717, 1.165) is 27.8 Å². The first-order valence-corrected chi connectivity index (χ1v) is 13.0. The Morgan fingerprint density at radius 3 is 1.74 bits per heavy atom. The zero-order chi connectivity index (χ0) is 27.0. The summed E-state index contributed by atoms with van der Waals surface area (Å²) in [6.45, 7) is 4.28. The van der Waals surface area contributed by atoms with Crippen LogP contribution in [0.25, 0.3) is 50.9 Å². The van der Waals surface area contributed by atoms with Gasteiger partial charge in [0, 0.05) is 30.0 Å². The van der Waals surface area contributed by atoms with Gasteiger partial charge in [-0.05, 0) is 59.9 Å². The second kappa shape index (κ2) is 12.1. The molecule has 39 heavy (non-hydrogen) atoms. The molecule has 0 unspecified atom stereocenters. The lowest BCUT2D eigenvalue weighted by Crippen LogP contribution is -2.00. The number of nitrogens with zero attached hydrogens (tertiary/aromatic N) is 4. The summed E-state index contributed by atoms with van der Waals surface area (Å²) in [7, 11) is 1.77. The number of rotatable bonds is 7. The normalized spacial score (nSPS) is 11.9. The quantitative estimate of drug-likeness (QED) is 0.164. The van der Waals surface area contributed by atoms with E-state index in [0.29, 0.717) is 17.5 Å². The molecule has 5 rings (SSSR count). The SMILES string of the molecule is CN=C/C=C\C=C(/C)c1cc(-c2cccc(-c3nc(-c4ccccc4)nc(-c4ccccc4)n3)c2)ccc1C. The van der Waals surface area contributed by atoms with Crippen molar-refractivity contribution >= 4 is 11.8 Å². The Morgan fingerprint density at radius 2 is 1.13 bits per heavy atom. The summed E-state index contributed by atoms with van der Waals surface area (Å²) >= 11 is 0. The van der Waals surface area contributed by atoms with E-state index in [1.165, 1.54) is 16.7 Å². The molecule has 0 amide bonds. The van der Waals surface area contributed by atoms with Gasteiger partial charge in [-0.3, -0.25) is 4.99 Å². The minimum Gasteiger partial charge on any atom is -0.297 e. The fourth-order valence-electron chi connectivity index (χ4n) is 4.43. The molecular formula is C35H30N4. The molecule has 0 aliphatic heterocycles. The van der Waals surface area contributed by atoms with Crippen molar-refractivity contribution in [2.24, 2.45) is 4.99 Å². The van der Waals surface area contributed by atoms with E-state index in [2.05, 4.69) is 67.4 Å². The number of allylic oxidation sites excluding steroid dienone is 4. The number of aliphatic imine (C=N–C) groups is 1. The molecule has 0 aliphatic rings. The topological polar surface area (TPSA) is 51.0 Å². The van der Waals surface area contributed by atoms with E-state index in [1.807, 2.05) is 72.8 Å². The van der Waals surface area contributed by atoms with Crippen LogP contribution in [0.2, 0.25) is 0 Å². The summed E-state index contributed by atoms with van der Waals surface area (Å²) in [6, 6.07) is 35.1. The van der Waals surface area contributed by atoms with Gasteiger partial charge in [0.15, 0.2) is 17.5 Å². The number of benzene rings is 4. The van der Waals surface area contributed by atoms with E-state index in [4.69, 9.17) is 15.0 Å². The molecule has 0 fully saturated rings. The maximum Gasteiger partial charge on any atom is 0.164 e. The smallest absolute Gasteiger partial charge is 0.164 e. The van der Waals surface area contributed by atoms with Gasteiger partial charge in [0.05, 0.1) is 0 Å². The highest BCUT2D eigenvalue weighted by Gasteiger charge is 2.13. The van der Waals surface area contributed by atoms with Crippen LogP contribution in [0.15, 0.2) is 126 Å². The van der Waals surface area contributed by atoms with Crippen LogP contribution in [0.5, 0.6) is 0 Å². The molecule has 0 aliphatic carbocycles. The molecule has 1 heterocycles. The second-order valence-corrected chi connectivity index (χ2v) is 9.29. The average Bonchev–Trinajstić information content (AvgIpc) is 3.00. The van der Waals surface area contributed by atoms with E-state index in [-0.39, 0.29) is 0 Å². The van der Waals surface area contributed by atoms with Crippen LogP contribution in [-0.4, -0.2) is 28.2 Å². The summed E-state index contributed by atoms with van der Waals surface area (Å²) in [5, 5.41) is 0. The highest BCUT2D eigenvalue weighted by Crippen LogP contribution is 2.30.